The Morgan fingerprint density at radius 2 is 1.49 bits per heavy atom. The average Bonchev–Trinajstić information content (AvgIpc) is 3.18. The summed E-state index contributed by atoms with van der Waals surface area (Å²) in [6.45, 7) is -3.26. The largest absolute Gasteiger partial charge is 0.477 e. The standard InChI is InChI=1S/C31H54N2O24/c1-9-18(43)22(47)24(49)28(53-9)56-27-23(48)21(46)15(6-36)54-29(27)55-25(11(4-34)32-10(2)38)20(45)14(41)8-52-31(30(50)51)3-12(39)17(33-16(42)7-37)26(57-31)19(44)13(40)5-35/h9,11-15,17-29,34-37,39-41,43-49H,3-8H2,1-2H3,(H,32,38)(H,33,42)(H,50,51)/t9-,11-,12-,13+,14+,15+,17+,18+,19+,20-,21-,22+,23-,24-,25+,26+,27+,28-,29-,31+/m0/s1. The Kier molecular flexibility index (Phi) is 18.2. The molecule has 0 saturated carbocycles. The quantitative estimate of drug-likeness (QED) is 0.0574. The van der Waals surface area contributed by atoms with E-state index in [0.29, 0.717) is 0 Å². The molecule has 0 aliphatic carbocycles. The van der Waals surface area contributed by atoms with E-state index in [1.807, 2.05) is 0 Å². The fourth-order valence-electron chi connectivity index (χ4n) is 6.46. The van der Waals surface area contributed by atoms with Gasteiger partial charge in [0.2, 0.25) is 11.8 Å². The normalized spacial score (nSPS) is 39.3. The van der Waals surface area contributed by atoms with Crippen LogP contribution in [0, 0.1) is 0 Å². The molecule has 0 radical (unpaired) electrons. The van der Waals surface area contributed by atoms with Gasteiger partial charge in [0, 0.05) is 13.3 Å². The second kappa shape index (κ2) is 21.2. The molecule has 3 rings (SSSR count). The molecule has 17 N–H and O–H groups in total. The number of hydrogen-bond acceptors (Lipinski definition) is 23. The van der Waals surface area contributed by atoms with Crippen LogP contribution in [0.25, 0.3) is 0 Å². The molecule has 26 heteroatoms. The zero-order valence-corrected chi connectivity index (χ0v) is 30.6. The third-order valence-electron chi connectivity index (χ3n) is 9.70. The lowest BCUT2D eigenvalue weighted by Crippen LogP contribution is -2.68. The molecule has 0 aromatic heterocycles. The van der Waals surface area contributed by atoms with Crippen molar-refractivity contribution in [2.75, 3.05) is 33.0 Å². The molecule has 57 heavy (non-hydrogen) atoms. The van der Waals surface area contributed by atoms with E-state index in [4.69, 9.17) is 33.5 Å². The number of nitrogens with one attached hydrogen (secondary N) is 2. The van der Waals surface area contributed by atoms with E-state index in [1.54, 1.807) is 0 Å². The zero-order valence-electron chi connectivity index (χ0n) is 30.6. The molecule has 0 spiro atoms. The molecule has 3 aliphatic heterocycles. The molecule has 0 unspecified atom stereocenters. The Balaban J connectivity index is 1.95. The number of aliphatic hydroxyl groups is 14. The minimum atomic E-state index is -3.04. The smallest absolute Gasteiger partial charge is 0.364 e. The third kappa shape index (κ3) is 11.5. The molecule has 3 aliphatic rings. The highest BCUT2D eigenvalue weighted by molar-refractivity contribution is 5.78. The fourth-order valence-corrected chi connectivity index (χ4v) is 6.46. The lowest BCUT2D eigenvalue weighted by Gasteiger charge is -2.47. The van der Waals surface area contributed by atoms with Crippen molar-refractivity contribution in [2.45, 2.75) is 142 Å². The number of rotatable bonds is 19. The Hall–Kier alpha value is -2.39. The summed E-state index contributed by atoms with van der Waals surface area (Å²) in [4.78, 5) is 36.6. The van der Waals surface area contributed by atoms with Crippen LogP contribution in [0.1, 0.15) is 20.3 Å². The predicted octanol–water partition coefficient (Wildman–Crippen LogP) is -10.6. The van der Waals surface area contributed by atoms with Crippen LogP contribution < -0.4 is 10.6 Å². The Morgan fingerprint density at radius 1 is 0.842 bits per heavy atom. The van der Waals surface area contributed by atoms with Crippen molar-refractivity contribution in [1.29, 1.82) is 0 Å². The van der Waals surface area contributed by atoms with E-state index in [0.717, 1.165) is 6.92 Å². The van der Waals surface area contributed by atoms with E-state index >= 15 is 0 Å². The minimum absolute atomic E-state index is 0.839. The molecule has 3 saturated heterocycles. The van der Waals surface area contributed by atoms with Crippen LogP contribution in [-0.2, 0) is 42.8 Å². The first kappa shape index (κ1) is 49.0. The number of carbonyl (C=O) groups excluding carboxylic acids is 2. The average molecular weight is 839 g/mol. The van der Waals surface area contributed by atoms with Crippen molar-refractivity contribution in [3.05, 3.63) is 0 Å². The summed E-state index contributed by atoms with van der Waals surface area (Å²) in [5, 5.41) is 160. The second-order valence-electron chi connectivity index (χ2n) is 13.9. The van der Waals surface area contributed by atoms with Crippen LogP contribution in [0.15, 0.2) is 0 Å². The monoisotopic (exact) mass is 838 g/mol. The summed E-state index contributed by atoms with van der Waals surface area (Å²) in [6, 6.07) is -3.41. The highest BCUT2D eigenvalue weighted by atomic mass is 16.8. The number of aliphatic hydroxyl groups excluding tert-OH is 14. The first-order chi connectivity index (χ1) is 26.7. The lowest BCUT2D eigenvalue weighted by molar-refractivity contribution is -0.373. The summed E-state index contributed by atoms with van der Waals surface area (Å²) < 4.78 is 33.2. The molecule has 3 fully saturated rings. The zero-order chi connectivity index (χ0) is 43.1. The van der Waals surface area contributed by atoms with Crippen LogP contribution in [0.2, 0.25) is 0 Å². The molecule has 20 atom stereocenters. The Labute approximate surface area is 323 Å². The molecule has 26 nitrogen and oxygen atoms in total. The Bertz CT molecular complexity index is 1300. The van der Waals surface area contributed by atoms with E-state index in [1.165, 1.54) is 6.92 Å². The summed E-state index contributed by atoms with van der Waals surface area (Å²) in [7, 11) is 0. The number of amides is 2. The predicted molar refractivity (Wildman–Crippen MR) is 176 cm³/mol. The number of carbonyl (C=O) groups is 3. The van der Waals surface area contributed by atoms with E-state index < -0.39 is 179 Å². The molecule has 0 aromatic rings. The van der Waals surface area contributed by atoms with Crippen molar-refractivity contribution in [3.8, 4) is 0 Å². The van der Waals surface area contributed by atoms with Gasteiger partial charge in [0.15, 0.2) is 12.6 Å². The van der Waals surface area contributed by atoms with E-state index in [2.05, 4.69) is 10.6 Å². The third-order valence-corrected chi connectivity index (χ3v) is 9.70. The van der Waals surface area contributed by atoms with Crippen LogP contribution in [0.3, 0.4) is 0 Å². The lowest BCUT2D eigenvalue weighted by atomic mass is 9.88. The molecule has 2 amide bonds. The van der Waals surface area contributed by atoms with Gasteiger partial charge in [-0.1, -0.05) is 0 Å². The van der Waals surface area contributed by atoms with Crippen LogP contribution in [0.5, 0.6) is 0 Å². The highest BCUT2D eigenvalue weighted by Crippen LogP contribution is 2.35. The van der Waals surface area contributed by atoms with Crippen molar-refractivity contribution in [1.82, 2.24) is 10.6 Å². The Morgan fingerprint density at radius 3 is 2.04 bits per heavy atom. The van der Waals surface area contributed by atoms with Crippen LogP contribution >= 0.6 is 0 Å². The van der Waals surface area contributed by atoms with Crippen molar-refractivity contribution < 1.29 is 119 Å². The van der Waals surface area contributed by atoms with Gasteiger partial charge in [-0.2, -0.15) is 0 Å². The van der Waals surface area contributed by atoms with Gasteiger partial charge in [-0.25, -0.2) is 4.79 Å². The summed E-state index contributed by atoms with van der Waals surface area (Å²) >= 11 is 0. The maximum absolute atomic E-state index is 12.6. The molecular weight excluding hydrogens is 784 g/mol. The van der Waals surface area contributed by atoms with Crippen molar-refractivity contribution in [3.63, 3.8) is 0 Å². The van der Waals surface area contributed by atoms with Gasteiger partial charge < -0.3 is 116 Å². The maximum Gasteiger partial charge on any atom is 0.364 e. The first-order valence-electron chi connectivity index (χ1n) is 17.7. The number of hydrogen-bond donors (Lipinski definition) is 17. The number of carboxylic acid groups (broad SMARTS) is 1. The highest BCUT2D eigenvalue weighted by Gasteiger charge is 2.57. The summed E-state index contributed by atoms with van der Waals surface area (Å²) in [5.41, 5.74) is 0. The van der Waals surface area contributed by atoms with Gasteiger partial charge >= 0.3 is 5.97 Å². The minimum Gasteiger partial charge on any atom is -0.477 e. The van der Waals surface area contributed by atoms with Gasteiger partial charge in [-0.3, -0.25) is 9.59 Å². The van der Waals surface area contributed by atoms with E-state index in [9.17, 15) is 85.9 Å². The van der Waals surface area contributed by atoms with Gasteiger partial charge in [0.25, 0.3) is 5.79 Å². The summed E-state index contributed by atoms with van der Waals surface area (Å²) in [5.74, 6) is -7.02. The topological polar surface area (TPSA) is 434 Å². The first-order valence-corrected chi connectivity index (χ1v) is 17.7. The molecule has 0 bridgehead atoms. The van der Waals surface area contributed by atoms with Gasteiger partial charge in [0.05, 0.1) is 50.7 Å². The molecule has 0 aromatic carbocycles. The number of ether oxygens (including phenoxy) is 6. The van der Waals surface area contributed by atoms with Crippen LogP contribution in [0.4, 0.5) is 0 Å². The fraction of sp³-hybridized carbons (Fsp3) is 0.903. The summed E-state index contributed by atoms with van der Waals surface area (Å²) in [6.07, 6.45) is -34.2. The van der Waals surface area contributed by atoms with Crippen molar-refractivity contribution >= 4 is 17.8 Å². The molecule has 332 valence electrons. The van der Waals surface area contributed by atoms with Crippen LogP contribution in [-0.4, -0.2) is 249 Å². The van der Waals surface area contributed by atoms with Gasteiger partial charge in [-0.05, 0) is 6.92 Å². The van der Waals surface area contributed by atoms with E-state index in [-0.39, 0.29) is 0 Å². The number of carboxylic acids is 1. The maximum atomic E-state index is 12.6. The number of aliphatic carboxylic acids is 1. The van der Waals surface area contributed by atoms with Gasteiger partial charge in [0.1, 0.15) is 86.0 Å². The molecular formula is C31H54N2O24. The molecule has 3 heterocycles. The SMILES string of the molecule is CC(=O)N[C@@H](CO)[C@@H](O[C@@H]1O[C@H](CO)[C@H](O)[C@H](O)[C@H]1O[C@@H]1O[C@@H](C)[C@@H](O)[C@@H](O)[C@@H]1O)[C@@H](O)[C@H](O)CO[C@]1(C(=O)O)C[C@H](O)[C@@H](NC(=O)CO)[C@H]([C@H](O)[C@H](O)CO)O1. The van der Waals surface area contributed by atoms with Gasteiger partial charge in [-0.15, -0.1) is 0 Å². The second-order valence-corrected chi connectivity index (χ2v) is 13.9. The van der Waals surface area contributed by atoms with Crippen molar-refractivity contribution in [2.24, 2.45) is 0 Å².